The lowest BCUT2D eigenvalue weighted by atomic mass is 9.79. The molecule has 4 heteroatoms. The normalized spacial score (nSPS) is 19.6. The highest BCUT2D eigenvalue weighted by Crippen LogP contribution is 2.31. The highest BCUT2D eigenvalue weighted by molar-refractivity contribution is 5.77. The van der Waals surface area contributed by atoms with Crippen molar-refractivity contribution in [3.63, 3.8) is 0 Å². The molecule has 26 heavy (non-hydrogen) atoms. The number of esters is 1. The molecule has 148 valence electrons. The average molecular weight is 365 g/mol. The third-order valence-corrected chi connectivity index (χ3v) is 4.40. The molecule has 1 aliphatic rings. The Bertz CT molecular complexity index is 510. The zero-order valence-electron chi connectivity index (χ0n) is 17.3. The van der Waals surface area contributed by atoms with Crippen molar-refractivity contribution in [1.82, 2.24) is 0 Å². The first-order chi connectivity index (χ1) is 12.4. The first kappa shape index (κ1) is 24.3. The maximum atomic E-state index is 11.7. The third-order valence-electron chi connectivity index (χ3n) is 4.40. The second-order valence-electron chi connectivity index (χ2n) is 7.05. The molecule has 0 aromatic rings. The Labute approximate surface area is 159 Å². The zero-order valence-corrected chi connectivity index (χ0v) is 17.3. The van der Waals surface area contributed by atoms with E-state index in [1.54, 1.807) is 14.2 Å². The Balaban J connectivity index is 0.00000194. The Morgan fingerprint density at radius 2 is 1.81 bits per heavy atom. The summed E-state index contributed by atoms with van der Waals surface area (Å²) >= 11 is 0. The van der Waals surface area contributed by atoms with E-state index in [4.69, 9.17) is 4.74 Å². The van der Waals surface area contributed by atoms with Gasteiger partial charge in [0.2, 0.25) is 0 Å². The fourth-order valence-corrected chi connectivity index (χ4v) is 2.96. The van der Waals surface area contributed by atoms with E-state index in [0.29, 0.717) is 12.8 Å². The molecule has 0 saturated heterocycles. The van der Waals surface area contributed by atoms with Gasteiger partial charge in [0, 0.05) is 20.1 Å². The van der Waals surface area contributed by atoms with Gasteiger partial charge in [-0.25, -0.2) is 0 Å². The van der Waals surface area contributed by atoms with Crippen molar-refractivity contribution < 1.29 is 19.1 Å². The predicted octanol–water partition coefficient (Wildman–Crippen LogP) is 5.05. The number of allylic oxidation sites excluding steroid dienone is 6. The first-order valence-corrected chi connectivity index (χ1v) is 9.29. The maximum absolute atomic E-state index is 11.7. The van der Waals surface area contributed by atoms with Crippen LogP contribution >= 0.6 is 0 Å². The number of carbonyl (C=O) groups is 2. The molecule has 0 radical (unpaired) electrons. The van der Waals surface area contributed by atoms with Gasteiger partial charge in [-0.1, -0.05) is 34.9 Å². The number of hydrogen-bond acceptors (Lipinski definition) is 4. The van der Waals surface area contributed by atoms with Crippen molar-refractivity contribution in [3.05, 3.63) is 34.9 Å². The summed E-state index contributed by atoms with van der Waals surface area (Å²) in [7, 11) is 4.63. The van der Waals surface area contributed by atoms with Crippen molar-refractivity contribution in [2.24, 2.45) is 11.8 Å². The summed E-state index contributed by atoms with van der Waals surface area (Å²) in [6.45, 7) is 6.43. The van der Waals surface area contributed by atoms with E-state index in [0.717, 1.165) is 32.0 Å². The third kappa shape index (κ3) is 10.3. The smallest absolute Gasteiger partial charge is 0.309 e. The highest BCUT2D eigenvalue weighted by atomic mass is 16.5. The Morgan fingerprint density at radius 3 is 2.35 bits per heavy atom. The molecule has 0 saturated carbocycles. The minimum atomic E-state index is -0.303. The molecule has 0 N–H and O–H groups in total. The largest absolute Gasteiger partial charge is 0.469 e. The Morgan fingerprint density at radius 1 is 1.15 bits per heavy atom. The summed E-state index contributed by atoms with van der Waals surface area (Å²) in [5.74, 6) is -0.805. The maximum Gasteiger partial charge on any atom is 0.309 e. The van der Waals surface area contributed by atoms with Gasteiger partial charge in [0.25, 0.3) is 0 Å². The molecule has 4 nitrogen and oxygen atoms in total. The zero-order chi connectivity index (χ0) is 19.9. The summed E-state index contributed by atoms with van der Waals surface area (Å²) in [4.78, 5) is 22.9. The number of carbonyl (C=O) groups excluding carboxylic acids is 2. The van der Waals surface area contributed by atoms with Gasteiger partial charge in [-0.15, -0.1) is 0 Å². The molecule has 1 aliphatic carbocycles. The minimum absolute atomic E-state index is 0.231. The highest BCUT2D eigenvalue weighted by Gasteiger charge is 2.31. The van der Waals surface area contributed by atoms with Crippen LogP contribution in [0.5, 0.6) is 0 Å². The van der Waals surface area contributed by atoms with E-state index in [1.165, 1.54) is 23.8 Å². The number of methoxy groups -OCH3 is 2. The average Bonchev–Trinajstić information content (AvgIpc) is 2.61. The number of rotatable bonds is 8. The van der Waals surface area contributed by atoms with Crippen LogP contribution in [-0.2, 0) is 19.1 Å². The lowest BCUT2D eigenvalue weighted by Crippen LogP contribution is -2.28. The van der Waals surface area contributed by atoms with E-state index in [1.807, 2.05) is 0 Å². The fourth-order valence-electron chi connectivity index (χ4n) is 2.96. The molecule has 2 unspecified atom stereocenters. The van der Waals surface area contributed by atoms with Gasteiger partial charge in [0.15, 0.2) is 0 Å². The van der Waals surface area contributed by atoms with E-state index < -0.39 is 0 Å². The van der Waals surface area contributed by atoms with Crippen LogP contribution in [0.15, 0.2) is 34.9 Å². The molecule has 1 rings (SSSR count). The summed E-state index contributed by atoms with van der Waals surface area (Å²) < 4.78 is 9.03. The van der Waals surface area contributed by atoms with Gasteiger partial charge in [-0.05, 0) is 59.3 Å². The summed E-state index contributed by atoms with van der Waals surface area (Å²) in [5.41, 5.74) is 4.07. The lowest BCUT2D eigenvalue weighted by Gasteiger charge is -2.25. The van der Waals surface area contributed by atoms with Gasteiger partial charge >= 0.3 is 5.97 Å². The quantitative estimate of drug-likeness (QED) is 0.344. The van der Waals surface area contributed by atoms with Crippen molar-refractivity contribution in [1.29, 1.82) is 0 Å². The summed E-state index contributed by atoms with van der Waals surface area (Å²) in [5, 5.41) is 0. The molecule has 0 bridgehead atoms. The van der Waals surface area contributed by atoms with Crippen LogP contribution in [0, 0.1) is 11.8 Å². The molecule has 0 fully saturated rings. The van der Waals surface area contributed by atoms with Crippen LogP contribution in [0.1, 0.15) is 59.3 Å². The van der Waals surface area contributed by atoms with Crippen LogP contribution in [0.25, 0.3) is 0 Å². The molecule has 0 heterocycles. The van der Waals surface area contributed by atoms with E-state index >= 15 is 0 Å². The van der Waals surface area contributed by atoms with Crippen LogP contribution < -0.4 is 0 Å². The number of ether oxygens (including phenoxy) is 2. The predicted molar refractivity (Wildman–Crippen MR) is 107 cm³/mol. The summed E-state index contributed by atoms with van der Waals surface area (Å²) in [6.07, 6.45) is 13.1. The Kier molecular flexibility index (Phi) is 13.5. The van der Waals surface area contributed by atoms with E-state index in [9.17, 15) is 9.59 Å². The molecule has 2 atom stereocenters. The van der Waals surface area contributed by atoms with E-state index in [-0.39, 0.29) is 17.8 Å². The van der Waals surface area contributed by atoms with Crippen molar-refractivity contribution in [2.75, 3.05) is 21.3 Å². The monoisotopic (exact) mass is 364 g/mol. The molecular weight excluding hydrogens is 328 g/mol. The van der Waals surface area contributed by atoms with Crippen LogP contribution in [0.4, 0.5) is 0 Å². The van der Waals surface area contributed by atoms with Crippen molar-refractivity contribution >= 4 is 12.3 Å². The molecule has 0 aliphatic heterocycles. The molecule has 0 aromatic heterocycles. The topological polar surface area (TPSA) is 52.6 Å². The van der Waals surface area contributed by atoms with Crippen LogP contribution in [0.3, 0.4) is 0 Å². The van der Waals surface area contributed by atoms with Crippen LogP contribution in [0.2, 0.25) is 0 Å². The minimum Gasteiger partial charge on any atom is -0.469 e. The van der Waals surface area contributed by atoms with E-state index in [2.05, 4.69) is 43.7 Å². The van der Waals surface area contributed by atoms with Gasteiger partial charge in [-0.3, -0.25) is 4.79 Å². The SMILES string of the molecule is COC.COC(=O)C1CC=C(CC/C=C(\C)CCC=C(C)C)CC1C=O. The lowest BCUT2D eigenvalue weighted by molar-refractivity contribution is -0.148. The van der Waals surface area contributed by atoms with Gasteiger partial charge in [0.05, 0.1) is 13.0 Å². The second kappa shape index (κ2) is 14.5. The number of hydrogen-bond donors (Lipinski definition) is 0. The molecular formula is C22H36O4. The standard InChI is InChI=1S/C20H30O3.C2H6O/c1-15(2)7-5-8-16(3)9-6-10-17-11-12-19(20(22)23-4)18(13-17)14-21;1-3-2/h7,9,11,14,18-19H,5-6,8,10,12-13H2,1-4H3;1-2H3/b16-9+;. The van der Waals surface area contributed by atoms with Crippen LogP contribution in [-0.4, -0.2) is 33.6 Å². The molecule has 0 aromatic carbocycles. The Hall–Kier alpha value is -1.68. The fraction of sp³-hybridized carbons (Fsp3) is 0.636. The molecule has 0 amide bonds. The van der Waals surface area contributed by atoms with Crippen molar-refractivity contribution in [2.45, 2.75) is 59.3 Å². The van der Waals surface area contributed by atoms with Gasteiger partial charge < -0.3 is 14.3 Å². The number of aldehydes is 1. The molecule has 0 spiro atoms. The van der Waals surface area contributed by atoms with Crippen molar-refractivity contribution in [3.8, 4) is 0 Å². The summed E-state index contributed by atoms with van der Waals surface area (Å²) in [6, 6.07) is 0. The van der Waals surface area contributed by atoms with Gasteiger partial charge in [-0.2, -0.15) is 0 Å². The van der Waals surface area contributed by atoms with Gasteiger partial charge in [0.1, 0.15) is 6.29 Å². The first-order valence-electron chi connectivity index (χ1n) is 9.29. The second-order valence-corrected chi connectivity index (χ2v) is 7.05.